The van der Waals surface area contributed by atoms with Gasteiger partial charge in [-0.25, -0.2) is 13.2 Å². The molecule has 0 spiro atoms. The molecule has 0 radical (unpaired) electrons. The number of hydrogen-bond donors (Lipinski definition) is 1. The van der Waals surface area contributed by atoms with Crippen LogP contribution in [-0.4, -0.2) is 70.8 Å². The van der Waals surface area contributed by atoms with E-state index in [4.69, 9.17) is 16.3 Å². The van der Waals surface area contributed by atoms with Crippen molar-refractivity contribution in [3.8, 4) is 0 Å². The van der Waals surface area contributed by atoms with Gasteiger partial charge in [-0.05, 0) is 65.8 Å². The molecule has 0 bridgehead atoms. The molecule has 2 aromatic rings. The van der Waals surface area contributed by atoms with Crippen LogP contribution in [0.1, 0.15) is 82.9 Å². The number of nitrogens with one attached hydrogen (secondary N) is 1. The van der Waals surface area contributed by atoms with E-state index in [1.54, 1.807) is 23.4 Å². The van der Waals surface area contributed by atoms with E-state index in [0.717, 1.165) is 16.7 Å². The summed E-state index contributed by atoms with van der Waals surface area (Å²) < 4.78 is 33.6. The third-order valence-electron chi connectivity index (χ3n) is 10.7. The zero-order valence-electron chi connectivity index (χ0n) is 28.5. The number of likely N-dealkylation sites (tertiary alicyclic amines) is 1. The second-order valence-corrected chi connectivity index (χ2v) is 17.6. The zero-order chi connectivity index (χ0) is 35.3. The van der Waals surface area contributed by atoms with Crippen molar-refractivity contribution in [3.05, 3.63) is 64.4 Å². The number of halogens is 1. The Morgan fingerprint density at radius 2 is 1.88 bits per heavy atom. The molecule has 49 heavy (non-hydrogen) atoms. The number of rotatable bonds is 11. The molecule has 1 aromatic heterocycles. The fourth-order valence-corrected chi connectivity index (χ4v) is 9.13. The quantitative estimate of drug-likeness (QED) is 0.341. The number of hydrogen-bond acceptors (Lipinski definition) is 8. The number of sulfonamides is 1. The summed E-state index contributed by atoms with van der Waals surface area (Å²) >= 11 is 6.37. The summed E-state index contributed by atoms with van der Waals surface area (Å²) in [7, 11) is -3.80. The first-order valence-electron chi connectivity index (χ1n) is 17.1. The Morgan fingerprint density at radius 1 is 1.12 bits per heavy atom. The molecule has 13 heteroatoms. The van der Waals surface area contributed by atoms with Crippen LogP contribution in [0.3, 0.4) is 0 Å². The summed E-state index contributed by atoms with van der Waals surface area (Å²) in [6, 6.07) is 8.30. The molecular weight excluding hydrogens is 668 g/mol. The molecule has 3 amide bonds. The van der Waals surface area contributed by atoms with E-state index in [9.17, 15) is 27.6 Å². The van der Waals surface area contributed by atoms with Crippen LogP contribution >= 0.6 is 11.6 Å². The van der Waals surface area contributed by atoms with Crippen LogP contribution in [0.5, 0.6) is 0 Å². The maximum absolute atomic E-state index is 14.5. The number of Topliss-reactive ketones (excluding diaryl/α,β-unsaturated/α-hetero) is 1. The molecule has 2 aliphatic carbocycles. The minimum Gasteiger partial charge on any atom is -0.444 e. The lowest BCUT2D eigenvalue weighted by Gasteiger charge is -2.35. The SMILES string of the molecule is CC[C@@H]1CC1(CC(=O)[C@@H]1C[C@@H](OC(=O)N2Cc3cccc(Cl)c3C2)CN1C(=O)[C@@H](Cc1cccnc1)C(C)(C)C)C(=O)NS(=O)(=O)C1CC1. The maximum atomic E-state index is 14.5. The van der Waals surface area contributed by atoms with Gasteiger partial charge in [0.1, 0.15) is 6.10 Å². The van der Waals surface area contributed by atoms with Crippen molar-refractivity contribution in [3.63, 3.8) is 0 Å². The number of amides is 3. The number of fused-ring (bicyclic) bond motifs is 1. The predicted molar refractivity (Wildman–Crippen MR) is 183 cm³/mol. The topological polar surface area (TPSA) is 143 Å². The van der Waals surface area contributed by atoms with Crippen LogP contribution < -0.4 is 4.72 Å². The van der Waals surface area contributed by atoms with Gasteiger partial charge in [-0.1, -0.05) is 63.9 Å². The van der Waals surface area contributed by atoms with Gasteiger partial charge in [0.2, 0.25) is 21.8 Å². The van der Waals surface area contributed by atoms with Gasteiger partial charge in [-0.15, -0.1) is 0 Å². The molecule has 4 aliphatic rings. The van der Waals surface area contributed by atoms with Crippen molar-refractivity contribution < 1.29 is 32.3 Å². The Labute approximate surface area is 293 Å². The van der Waals surface area contributed by atoms with Gasteiger partial charge in [0.05, 0.1) is 29.8 Å². The van der Waals surface area contributed by atoms with Crippen LogP contribution in [0.25, 0.3) is 0 Å². The fraction of sp³-hybridized carbons (Fsp3) is 0.583. The van der Waals surface area contributed by atoms with Crippen LogP contribution in [-0.2, 0) is 48.7 Å². The van der Waals surface area contributed by atoms with Crippen LogP contribution in [0.4, 0.5) is 4.79 Å². The largest absolute Gasteiger partial charge is 0.444 e. The van der Waals surface area contributed by atoms with Crippen molar-refractivity contribution >= 4 is 45.3 Å². The van der Waals surface area contributed by atoms with Gasteiger partial charge in [0, 0.05) is 42.7 Å². The van der Waals surface area contributed by atoms with Gasteiger partial charge in [-0.2, -0.15) is 0 Å². The van der Waals surface area contributed by atoms with E-state index < -0.39 is 56.2 Å². The van der Waals surface area contributed by atoms with Crippen molar-refractivity contribution in [2.45, 2.75) is 103 Å². The number of nitrogens with zero attached hydrogens (tertiary/aromatic N) is 3. The monoisotopic (exact) mass is 712 g/mol. The molecule has 264 valence electrons. The zero-order valence-corrected chi connectivity index (χ0v) is 30.1. The molecule has 2 saturated carbocycles. The summed E-state index contributed by atoms with van der Waals surface area (Å²) in [6.45, 7) is 8.49. The predicted octanol–water partition coefficient (Wildman–Crippen LogP) is 5.05. The summed E-state index contributed by atoms with van der Waals surface area (Å²) in [5.74, 6) is -1.90. The average molecular weight is 713 g/mol. The first-order valence-corrected chi connectivity index (χ1v) is 19.1. The summed E-state index contributed by atoms with van der Waals surface area (Å²) in [5, 5.41) is 0.00119. The standard InChI is InChI=1S/C36H45ClN4O7S/c1-5-24-16-36(24,33(44)39-49(46,47)26-11-12-26)17-31(42)30-15-25(48-34(45)40-19-23-9-6-10-29(37)27(23)21-40)20-41(30)32(43)28(35(2,3)4)14-22-8-7-13-38-18-22/h6-10,13,18,24-26,28,30H,5,11-12,14-17,19-21H2,1-4H3,(H,39,44)/t24-,25-,28-,30+,36?/m1/s1. The van der Waals surface area contributed by atoms with Crippen molar-refractivity contribution in [1.82, 2.24) is 19.5 Å². The summed E-state index contributed by atoms with van der Waals surface area (Å²) in [6.07, 6.45) is 4.37. The lowest BCUT2D eigenvalue weighted by molar-refractivity contribution is -0.144. The maximum Gasteiger partial charge on any atom is 0.410 e. The van der Waals surface area contributed by atoms with Crippen molar-refractivity contribution in [2.24, 2.45) is 22.7 Å². The Balaban J connectivity index is 1.23. The average Bonchev–Trinajstić information content (AvgIpc) is 3.94. The minimum absolute atomic E-state index is 0.0224. The van der Waals surface area contributed by atoms with E-state index in [1.807, 2.05) is 52.0 Å². The highest BCUT2D eigenvalue weighted by molar-refractivity contribution is 7.90. The lowest BCUT2D eigenvalue weighted by Crippen LogP contribution is -2.48. The van der Waals surface area contributed by atoms with Crippen molar-refractivity contribution in [1.29, 1.82) is 0 Å². The number of benzene rings is 1. The normalized spacial score (nSPS) is 25.4. The second kappa shape index (κ2) is 13.3. The first kappa shape index (κ1) is 35.3. The Hall–Kier alpha value is -3.51. The number of carbonyl (C=O) groups is 4. The molecule has 11 nitrogen and oxygen atoms in total. The van der Waals surface area contributed by atoms with Gasteiger partial charge >= 0.3 is 6.09 Å². The molecule has 5 atom stereocenters. The molecule has 1 unspecified atom stereocenters. The van der Waals surface area contributed by atoms with Crippen molar-refractivity contribution in [2.75, 3.05) is 6.54 Å². The van der Waals surface area contributed by atoms with E-state index in [-0.39, 0.29) is 37.0 Å². The smallest absolute Gasteiger partial charge is 0.410 e. The highest BCUT2D eigenvalue weighted by Gasteiger charge is 2.62. The molecule has 1 N–H and O–H groups in total. The number of pyridine rings is 1. The highest BCUT2D eigenvalue weighted by atomic mass is 35.5. The number of carbonyl (C=O) groups excluding carboxylic acids is 4. The third-order valence-corrected chi connectivity index (χ3v) is 12.9. The van der Waals surface area contributed by atoms with Gasteiger partial charge in [0.15, 0.2) is 5.78 Å². The Kier molecular flexibility index (Phi) is 9.60. The van der Waals surface area contributed by atoms with E-state index in [0.29, 0.717) is 50.2 Å². The molecule has 3 heterocycles. The van der Waals surface area contributed by atoms with E-state index in [2.05, 4.69) is 9.71 Å². The van der Waals surface area contributed by atoms with E-state index >= 15 is 0 Å². The molecule has 6 rings (SSSR count). The summed E-state index contributed by atoms with van der Waals surface area (Å²) in [4.78, 5) is 63.0. The number of ketones is 1. The third kappa shape index (κ3) is 7.36. The summed E-state index contributed by atoms with van der Waals surface area (Å²) in [5.41, 5.74) is 1.04. The molecule has 3 fully saturated rings. The highest BCUT2D eigenvalue weighted by Crippen LogP contribution is 2.58. The van der Waals surface area contributed by atoms with Gasteiger partial charge in [0.25, 0.3) is 0 Å². The number of aromatic nitrogens is 1. The molecule has 1 aromatic carbocycles. The van der Waals surface area contributed by atoms with Crippen LogP contribution in [0.15, 0.2) is 42.7 Å². The number of ether oxygens (including phenoxy) is 1. The fourth-order valence-electron chi connectivity index (χ4n) is 7.49. The minimum atomic E-state index is -3.80. The molecule has 2 aliphatic heterocycles. The Bertz CT molecular complexity index is 1740. The van der Waals surface area contributed by atoms with Gasteiger partial charge in [-0.3, -0.25) is 29.0 Å². The van der Waals surface area contributed by atoms with E-state index in [1.165, 1.54) is 4.90 Å². The molecular formula is C36H45ClN4O7S. The Morgan fingerprint density at radius 3 is 2.49 bits per heavy atom. The molecule has 1 saturated heterocycles. The first-order chi connectivity index (χ1) is 23.1. The van der Waals surface area contributed by atoms with Gasteiger partial charge < -0.3 is 9.64 Å². The second-order valence-electron chi connectivity index (χ2n) is 15.2. The van der Waals surface area contributed by atoms with Crippen LogP contribution in [0.2, 0.25) is 5.02 Å². The van der Waals surface area contributed by atoms with Crippen LogP contribution in [0, 0.1) is 22.7 Å². The lowest BCUT2D eigenvalue weighted by atomic mass is 9.76.